The number of hydrogen-bond acceptors (Lipinski definition) is 2. The molecule has 0 radical (unpaired) electrons. The lowest BCUT2D eigenvalue weighted by atomic mass is 10.3. The Hall–Kier alpha value is -0.830. The summed E-state index contributed by atoms with van der Waals surface area (Å²) in [7, 11) is 0. The number of benzene rings is 2. The van der Waals surface area contributed by atoms with Crippen molar-refractivity contribution in [1.29, 1.82) is 0 Å². The standard InChI is InChI=1S/C13H10Cl2OS/c14-13(15)17-12-8-6-11(7-9-12)16-10-4-2-1-3-5-10/h1-9,13H. The third-order valence-electron chi connectivity index (χ3n) is 2.03. The second-order valence-corrected chi connectivity index (χ2v) is 6.06. The van der Waals surface area contributed by atoms with Gasteiger partial charge < -0.3 is 4.74 Å². The van der Waals surface area contributed by atoms with E-state index in [1.165, 1.54) is 11.8 Å². The average Bonchev–Trinajstić information content (AvgIpc) is 2.32. The molecule has 0 fully saturated rings. The zero-order valence-electron chi connectivity index (χ0n) is 8.85. The van der Waals surface area contributed by atoms with Crippen LogP contribution in [0.1, 0.15) is 0 Å². The minimum atomic E-state index is -0.448. The zero-order chi connectivity index (χ0) is 12.1. The third-order valence-corrected chi connectivity index (χ3v) is 3.28. The van der Waals surface area contributed by atoms with E-state index in [1.54, 1.807) is 0 Å². The van der Waals surface area contributed by atoms with E-state index < -0.39 is 4.17 Å². The number of rotatable bonds is 4. The molecule has 0 bridgehead atoms. The summed E-state index contributed by atoms with van der Waals surface area (Å²) in [6.07, 6.45) is 0. The van der Waals surface area contributed by atoms with Gasteiger partial charge in [-0.25, -0.2) is 0 Å². The van der Waals surface area contributed by atoms with Crippen molar-refractivity contribution in [3.63, 3.8) is 0 Å². The van der Waals surface area contributed by atoms with Gasteiger partial charge in [-0.05, 0) is 36.4 Å². The summed E-state index contributed by atoms with van der Waals surface area (Å²) in [4.78, 5) is 1.01. The molecule has 88 valence electrons. The van der Waals surface area contributed by atoms with Crippen molar-refractivity contribution in [2.45, 2.75) is 9.06 Å². The highest BCUT2D eigenvalue weighted by molar-refractivity contribution is 8.02. The van der Waals surface area contributed by atoms with Crippen molar-refractivity contribution in [2.75, 3.05) is 0 Å². The number of hydrogen-bond donors (Lipinski definition) is 0. The van der Waals surface area contributed by atoms with Crippen molar-refractivity contribution in [3.8, 4) is 11.5 Å². The van der Waals surface area contributed by atoms with Crippen LogP contribution < -0.4 is 4.74 Å². The lowest BCUT2D eigenvalue weighted by Gasteiger charge is -2.06. The van der Waals surface area contributed by atoms with Crippen molar-refractivity contribution in [3.05, 3.63) is 54.6 Å². The van der Waals surface area contributed by atoms with Crippen molar-refractivity contribution >= 4 is 35.0 Å². The van der Waals surface area contributed by atoms with Crippen molar-refractivity contribution < 1.29 is 4.74 Å². The molecule has 0 saturated carbocycles. The molecule has 4 heteroatoms. The molecule has 2 aromatic rings. The lowest BCUT2D eigenvalue weighted by molar-refractivity contribution is 0.482. The molecular formula is C13H10Cl2OS. The molecule has 0 atom stereocenters. The minimum Gasteiger partial charge on any atom is -0.457 e. The molecule has 0 aliphatic rings. The Kier molecular flexibility index (Phi) is 4.60. The second-order valence-electron chi connectivity index (χ2n) is 3.27. The number of para-hydroxylation sites is 1. The first-order valence-corrected chi connectivity index (χ1v) is 6.77. The zero-order valence-corrected chi connectivity index (χ0v) is 11.2. The molecule has 0 aliphatic heterocycles. The maximum Gasteiger partial charge on any atom is 0.157 e. The van der Waals surface area contributed by atoms with Gasteiger partial charge >= 0.3 is 0 Å². The normalized spacial score (nSPS) is 10.5. The average molecular weight is 285 g/mol. The van der Waals surface area contributed by atoms with Gasteiger partial charge in [0, 0.05) is 4.90 Å². The Balaban J connectivity index is 2.03. The van der Waals surface area contributed by atoms with Gasteiger partial charge in [-0.2, -0.15) is 0 Å². The summed E-state index contributed by atoms with van der Waals surface area (Å²) < 4.78 is 5.21. The topological polar surface area (TPSA) is 9.23 Å². The van der Waals surface area contributed by atoms with Gasteiger partial charge in [0.2, 0.25) is 0 Å². The van der Waals surface area contributed by atoms with Crippen LogP contribution in [0.5, 0.6) is 11.5 Å². The third kappa shape index (κ3) is 4.15. The van der Waals surface area contributed by atoms with Gasteiger partial charge in [0.25, 0.3) is 0 Å². The Labute approximate surface area is 115 Å². The molecule has 17 heavy (non-hydrogen) atoms. The Bertz CT molecular complexity index is 457. The Morgan fingerprint density at radius 2 is 1.41 bits per heavy atom. The fourth-order valence-electron chi connectivity index (χ4n) is 1.31. The lowest BCUT2D eigenvalue weighted by Crippen LogP contribution is -1.84. The highest BCUT2D eigenvalue weighted by Crippen LogP contribution is 2.30. The van der Waals surface area contributed by atoms with Crippen LogP contribution in [-0.2, 0) is 0 Å². The SMILES string of the molecule is ClC(Cl)Sc1ccc(Oc2ccccc2)cc1. The van der Waals surface area contributed by atoms with Gasteiger partial charge in [0.05, 0.1) is 0 Å². The van der Waals surface area contributed by atoms with E-state index in [4.69, 9.17) is 27.9 Å². The first-order chi connectivity index (χ1) is 8.24. The van der Waals surface area contributed by atoms with Crippen LogP contribution in [0.2, 0.25) is 0 Å². The summed E-state index contributed by atoms with van der Waals surface area (Å²) in [6.45, 7) is 0. The maximum atomic E-state index is 5.68. The van der Waals surface area contributed by atoms with E-state index >= 15 is 0 Å². The molecule has 0 aromatic heterocycles. The van der Waals surface area contributed by atoms with Crippen molar-refractivity contribution in [1.82, 2.24) is 0 Å². The number of alkyl halides is 2. The fraction of sp³-hybridized carbons (Fsp3) is 0.0769. The molecular weight excluding hydrogens is 275 g/mol. The van der Waals surface area contributed by atoms with Crippen LogP contribution in [-0.4, -0.2) is 4.17 Å². The molecule has 0 N–H and O–H groups in total. The Morgan fingerprint density at radius 1 is 0.824 bits per heavy atom. The van der Waals surface area contributed by atoms with E-state index in [0.717, 1.165) is 16.4 Å². The maximum absolute atomic E-state index is 5.68. The van der Waals surface area contributed by atoms with Crippen LogP contribution in [0.3, 0.4) is 0 Å². The van der Waals surface area contributed by atoms with Gasteiger partial charge in [0.15, 0.2) is 4.17 Å². The molecule has 1 nitrogen and oxygen atoms in total. The van der Waals surface area contributed by atoms with Crippen LogP contribution in [0.4, 0.5) is 0 Å². The van der Waals surface area contributed by atoms with Crippen LogP contribution >= 0.6 is 35.0 Å². The molecule has 0 spiro atoms. The van der Waals surface area contributed by atoms with E-state index in [9.17, 15) is 0 Å². The quantitative estimate of drug-likeness (QED) is 0.554. The Morgan fingerprint density at radius 3 is 2.00 bits per heavy atom. The number of thioether (sulfide) groups is 1. The number of halogens is 2. The highest BCUT2D eigenvalue weighted by Gasteiger charge is 2.02. The van der Waals surface area contributed by atoms with Gasteiger partial charge in [0.1, 0.15) is 11.5 Å². The largest absolute Gasteiger partial charge is 0.457 e. The van der Waals surface area contributed by atoms with E-state index in [0.29, 0.717) is 0 Å². The monoisotopic (exact) mass is 284 g/mol. The summed E-state index contributed by atoms with van der Waals surface area (Å²) in [5, 5.41) is 0. The molecule has 0 heterocycles. The molecule has 0 aliphatic carbocycles. The van der Waals surface area contributed by atoms with Crippen LogP contribution in [0.25, 0.3) is 0 Å². The van der Waals surface area contributed by atoms with E-state index in [-0.39, 0.29) is 0 Å². The van der Waals surface area contributed by atoms with Crippen LogP contribution in [0, 0.1) is 0 Å². The minimum absolute atomic E-state index is 0.448. The summed E-state index contributed by atoms with van der Waals surface area (Å²) in [5.74, 6) is 1.61. The predicted molar refractivity (Wildman–Crippen MR) is 74.3 cm³/mol. The first kappa shape index (κ1) is 12.6. The molecule has 0 amide bonds. The summed E-state index contributed by atoms with van der Waals surface area (Å²) >= 11 is 12.7. The summed E-state index contributed by atoms with van der Waals surface area (Å²) in [5.41, 5.74) is 0. The van der Waals surface area contributed by atoms with Gasteiger partial charge in [-0.3, -0.25) is 0 Å². The predicted octanol–water partition coefficient (Wildman–Crippen LogP) is 5.33. The molecule has 0 saturated heterocycles. The van der Waals surface area contributed by atoms with E-state index in [2.05, 4.69) is 0 Å². The molecule has 2 rings (SSSR count). The van der Waals surface area contributed by atoms with Gasteiger partial charge in [-0.1, -0.05) is 53.2 Å². The first-order valence-electron chi connectivity index (χ1n) is 5.02. The van der Waals surface area contributed by atoms with Gasteiger partial charge in [-0.15, -0.1) is 0 Å². The molecule has 0 unspecified atom stereocenters. The second kappa shape index (κ2) is 6.20. The van der Waals surface area contributed by atoms with E-state index in [1.807, 2.05) is 54.6 Å². The number of ether oxygens (including phenoxy) is 1. The van der Waals surface area contributed by atoms with Crippen LogP contribution in [0.15, 0.2) is 59.5 Å². The van der Waals surface area contributed by atoms with Crippen molar-refractivity contribution in [2.24, 2.45) is 0 Å². The fourth-order valence-corrected chi connectivity index (χ4v) is 2.43. The highest BCUT2D eigenvalue weighted by atomic mass is 35.5. The smallest absolute Gasteiger partial charge is 0.157 e. The molecule has 2 aromatic carbocycles. The summed E-state index contributed by atoms with van der Waals surface area (Å²) in [6, 6.07) is 17.3.